The summed E-state index contributed by atoms with van der Waals surface area (Å²) in [7, 11) is 0. The minimum atomic E-state index is 0.692. The molecule has 0 atom stereocenters. The second-order valence-corrected chi connectivity index (χ2v) is 12.6. The fourth-order valence-corrected chi connectivity index (χ4v) is 6.67. The zero-order chi connectivity index (χ0) is 34.1. The third kappa shape index (κ3) is 5.91. The molecule has 0 spiro atoms. The lowest BCUT2D eigenvalue weighted by molar-refractivity contribution is 1.18. The molecule has 0 N–H and O–H groups in total. The monoisotopic (exact) mass is 653 g/mol. The summed E-state index contributed by atoms with van der Waals surface area (Å²) in [6, 6.07) is 54.5. The highest BCUT2D eigenvalue weighted by Gasteiger charge is 2.13. The number of aromatic nitrogens is 5. The van der Waals surface area contributed by atoms with Crippen molar-refractivity contribution in [1.82, 2.24) is 24.9 Å². The van der Waals surface area contributed by atoms with Gasteiger partial charge < -0.3 is 0 Å². The molecule has 0 saturated heterocycles. The molecule has 4 aromatic heterocycles. The Balaban J connectivity index is 1.03. The van der Waals surface area contributed by atoms with Crippen LogP contribution in [0.3, 0.4) is 0 Å². The van der Waals surface area contributed by atoms with E-state index < -0.39 is 0 Å². The van der Waals surface area contributed by atoms with E-state index in [-0.39, 0.29) is 0 Å². The van der Waals surface area contributed by atoms with Crippen LogP contribution in [-0.4, -0.2) is 24.9 Å². The van der Waals surface area contributed by atoms with E-state index in [9.17, 15) is 0 Å². The number of benzene rings is 5. The Labute approximate surface area is 296 Å². The Hall–Kier alpha value is -6.85. The predicted molar refractivity (Wildman–Crippen MR) is 208 cm³/mol. The molecular formula is C46H31N5. The van der Waals surface area contributed by atoms with Gasteiger partial charge in [0.25, 0.3) is 0 Å². The Kier molecular flexibility index (Phi) is 7.63. The summed E-state index contributed by atoms with van der Waals surface area (Å²) >= 11 is 0. The van der Waals surface area contributed by atoms with Gasteiger partial charge in [0, 0.05) is 51.1 Å². The summed E-state index contributed by atoms with van der Waals surface area (Å²) in [5.41, 5.74) is 14.1. The van der Waals surface area contributed by atoms with Crippen LogP contribution in [0.15, 0.2) is 170 Å². The Morgan fingerprint density at radius 1 is 0.373 bits per heavy atom. The molecule has 5 aromatic carbocycles. The molecule has 5 nitrogen and oxygen atoms in total. The number of aryl methyl sites for hydroxylation is 1. The second kappa shape index (κ2) is 12.9. The molecule has 0 amide bonds. The smallest absolute Gasteiger partial charge is 0.160 e. The van der Waals surface area contributed by atoms with E-state index >= 15 is 0 Å². The normalized spacial score (nSPS) is 11.2. The SMILES string of the molecule is Cc1cc(-c2ccccc2)c2ccc3ccc(-c4ccc(-c5ccc(-c6cc(-c7ccncc7)nc(-c7ccccc7)n6)cc5)cc4)nc3c2n1. The average molecular weight is 654 g/mol. The van der Waals surface area contributed by atoms with Crippen molar-refractivity contribution in [3.05, 3.63) is 176 Å². The van der Waals surface area contributed by atoms with Gasteiger partial charge in [-0.15, -0.1) is 0 Å². The van der Waals surface area contributed by atoms with Gasteiger partial charge >= 0.3 is 0 Å². The third-order valence-corrected chi connectivity index (χ3v) is 9.28. The minimum absolute atomic E-state index is 0.692. The van der Waals surface area contributed by atoms with Crippen LogP contribution in [0.4, 0.5) is 0 Å². The van der Waals surface area contributed by atoms with Gasteiger partial charge in [-0.25, -0.2) is 15.0 Å². The first-order valence-corrected chi connectivity index (χ1v) is 17.0. The van der Waals surface area contributed by atoms with Crippen LogP contribution in [0.5, 0.6) is 0 Å². The van der Waals surface area contributed by atoms with Gasteiger partial charge in [0.2, 0.25) is 0 Å². The summed E-state index contributed by atoms with van der Waals surface area (Å²) in [5, 5.41) is 2.18. The lowest BCUT2D eigenvalue weighted by Crippen LogP contribution is -1.96. The molecule has 9 rings (SSSR count). The number of rotatable bonds is 6. The molecule has 4 heterocycles. The highest BCUT2D eigenvalue weighted by molar-refractivity contribution is 6.08. The average Bonchev–Trinajstić information content (AvgIpc) is 3.21. The topological polar surface area (TPSA) is 64.5 Å². The number of hydrogen-bond acceptors (Lipinski definition) is 5. The van der Waals surface area contributed by atoms with Crippen LogP contribution in [0.2, 0.25) is 0 Å². The van der Waals surface area contributed by atoms with Crippen molar-refractivity contribution in [2.75, 3.05) is 0 Å². The van der Waals surface area contributed by atoms with E-state index in [0.717, 1.165) is 78.0 Å². The van der Waals surface area contributed by atoms with Crippen molar-refractivity contribution in [1.29, 1.82) is 0 Å². The molecule has 0 radical (unpaired) electrons. The van der Waals surface area contributed by atoms with Crippen molar-refractivity contribution in [3.8, 4) is 67.4 Å². The molecule has 9 aromatic rings. The quantitative estimate of drug-likeness (QED) is 0.167. The van der Waals surface area contributed by atoms with Crippen molar-refractivity contribution >= 4 is 21.8 Å². The first-order chi connectivity index (χ1) is 25.2. The molecule has 0 unspecified atom stereocenters. The molecule has 0 aliphatic heterocycles. The predicted octanol–water partition coefficient (Wildman–Crippen LogP) is 11.3. The standard InChI is InChI=1S/C46H31N5/c1-30-28-40(33-8-4-2-5-9-33)39-22-20-37-21-23-41(49-44(37)45(39)48-30)34-16-12-31(13-17-34)32-14-18-35(19-15-32)42-29-43(36-24-26-47-27-25-36)51-46(50-42)38-10-6-3-7-11-38/h2-29H,1H3. The maximum Gasteiger partial charge on any atom is 0.160 e. The van der Waals surface area contributed by atoms with Crippen LogP contribution < -0.4 is 0 Å². The molecule has 5 heteroatoms. The van der Waals surface area contributed by atoms with Crippen molar-refractivity contribution in [2.24, 2.45) is 0 Å². The first-order valence-electron chi connectivity index (χ1n) is 17.0. The zero-order valence-corrected chi connectivity index (χ0v) is 27.9. The molecule has 51 heavy (non-hydrogen) atoms. The first kappa shape index (κ1) is 30.2. The van der Waals surface area contributed by atoms with Gasteiger partial charge in [0.05, 0.1) is 28.1 Å². The molecule has 0 bridgehead atoms. The Morgan fingerprint density at radius 2 is 0.922 bits per heavy atom. The van der Waals surface area contributed by atoms with Gasteiger partial charge in [0.1, 0.15) is 0 Å². The largest absolute Gasteiger partial charge is 0.265 e. The summed E-state index contributed by atoms with van der Waals surface area (Å²) in [6.07, 6.45) is 3.58. The van der Waals surface area contributed by atoms with Crippen LogP contribution in [0, 0.1) is 6.92 Å². The van der Waals surface area contributed by atoms with Crippen LogP contribution >= 0.6 is 0 Å². The van der Waals surface area contributed by atoms with Gasteiger partial charge in [-0.3, -0.25) is 9.97 Å². The highest BCUT2D eigenvalue weighted by atomic mass is 14.9. The summed E-state index contributed by atoms with van der Waals surface area (Å²) in [4.78, 5) is 24.2. The Bertz CT molecular complexity index is 2600. The minimum Gasteiger partial charge on any atom is -0.265 e. The number of nitrogens with zero attached hydrogens (tertiary/aromatic N) is 5. The zero-order valence-electron chi connectivity index (χ0n) is 27.9. The molecule has 0 fully saturated rings. The molecule has 0 aliphatic carbocycles. The van der Waals surface area contributed by atoms with E-state index in [0.29, 0.717) is 5.82 Å². The fraction of sp³-hybridized carbons (Fsp3) is 0.0217. The van der Waals surface area contributed by atoms with E-state index in [1.165, 1.54) is 11.1 Å². The van der Waals surface area contributed by atoms with E-state index in [1.807, 2.05) is 54.6 Å². The van der Waals surface area contributed by atoms with Crippen LogP contribution in [0.1, 0.15) is 5.69 Å². The Morgan fingerprint density at radius 3 is 1.57 bits per heavy atom. The highest BCUT2D eigenvalue weighted by Crippen LogP contribution is 2.34. The van der Waals surface area contributed by atoms with Gasteiger partial charge in [-0.05, 0) is 59.5 Å². The van der Waals surface area contributed by atoms with Crippen molar-refractivity contribution in [3.63, 3.8) is 0 Å². The molecular weight excluding hydrogens is 623 g/mol. The maximum absolute atomic E-state index is 5.18. The maximum atomic E-state index is 5.18. The van der Waals surface area contributed by atoms with Crippen LogP contribution in [-0.2, 0) is 0 Å². The molecule has 0 saturated carbocycles. The summed E-state index contributed by atoms with van der Waals surface area (Å²) in [6.45, 7) is 2.05. The van der Waals surface area contributed by atoms with E-state index in [4.69, 9.17) is 19.9 Å². The second-order valence-electron chi connectivity index (χ2n) is 12.6. The number of fused-ring (bicyclic) bond motifs is 3. The summed E-state index contributed by atoms with van der Waals surface area (Å²) < 4.78 is 0. The summed E-state index contributed by atoms with van der Waals surface area (Å²) in [5.74, 6) is 0.692. The van der Waals surface area contributed by atoms with Crippen molar-refractivity contribution < 1.29 is 0 Å². The van der Waals surface area contributed by atoms with Gasteiger partial charge in [-0.1, -0.05) is 127 Å². The number of hydrogen-bond donors (Lipinski definition) is 0. The lowest BCUT2D eigenvalue weighted by Gasteiger charge is -2.12. The van der Waals surface area contributed by atoms with Gasteiger partial charge in [0.15, 0.2) is 5.82 Å². The van der Waals surface area contributed by atoms with E-state index in [1.54, 1.807) is 12.4 Å². The third-order valence-electron chi connectivity index (χ3n) is 9.28. The molecule has 0 aliphatic rings. The fourth-order valence-electron chi connectivity index (χ4n) is 6.67. The van der Waals surface area contributed by atoms with E-state index in [2.05, 4.69) is 115 Å². The van der Waals surface area contributed by atoms with Crippen molar-refractivity contribution in [2.45, 2.75) is 6.92 Å². The molecule has 240 valence electrons. The van der Waals surface area contributed by atoms with Crippen LogP contribution in [0.25, 0.3) is 89.2 Å². The number of pyridine rings is 3. The lowest BCUT2D eigenvalue weighted by atomic mass is 9.98. The van der Waals surface area contributed by atoms with Gasteiger partial charge in [-0.2, -0.15) is 0 Å².